The van der Waals surface area contributed by atoms with Crippen molar-refractivity contribution in [3.63, 3.8) is 0 Å². The Kier molecular flexibility index (Phi) is 29.2. The predicted molar refractivity (Wildman–Crippen MR) is 177 cm³/mol. The highest BCUT2D eigenvalue weighted by Gasteiger charge is 2.55. The maximum atomic E-state index is 11.5. The van der Waals surface area contributed by atoms with Gasteiger partial charge in [0.1, 0.15) is 0 Å². The van der Waals surface area contributed by atoms with E-state index in [9.17, 15) is 43.2 Å². The number of nitrogens with zero attached hydrogens (tertiary/aromatic N) is 1. The maximum Gasteiger partial charge on any atom is 0.512 e. The molecule has 0 radical (unpaired) electrons. The summed E-state index contributed by atoms with van der Waals surface area (Å²) in [6.45, 7) is 11.0. The molecule has 0 heterocycles. The van der Waals surface area contributed by atoms with Crippen molar-refractivity contribution in [3.8, 4) is 0 Å². The number of alkyl halides is 6. The van der Waals surface area contributed by atoms with E-state index in [1.54, 1.807) is 0 Å². The molecular weight excluding hydrogens is 654 g/mol. The van der Waals surface area contributed by atoms with Crippen molar-refractivity contribution in [2.75, 3.05) is 19.6 Å². The van der Waals surface area contributed by atoms with Crippen LogP contribution in [0.3, 0.4) is 0 Å². The molecule has 0 amide bonds. The van der Waals surface area contributed by atoms with Crippen LogP contribution in [0.1, 0.15) is 175 Å². The Bertz CT molecular complexity index is 810. The number of rotatable bonds is 29. The van der Waals surface area contributed by atoms with Gasteiger partial charge in [-0.05, 0) is 38.9 Å². The molecular formula is C32H64F6N2O4S2. The number of nitrogens with one attached hydrogen (secondary N) is 1. The summed E-state index contributed by atoms with van der Waals surface area (Å²) in [6.07, 6.45) is 34.6. The predicted octanol–water partition coefficient (Wildman–Crippen LogP) is 11.0. The zero-order chi connectivity index (χ0) is 35.4. The largest absolute Gasteiger partial charge is 0.512 e. The second kappa shape index (κ2) is 28.3. The molecule has 14 heteroatoms. The molecule has 46 heavy (non-hydrogen) atoms. The van der Waals surface area contributed by atoms with Gasteiger partial charge in [-0.15, -0.1) is 0 Å². The van der Waals surface area contributed by atoms with E-state index in [1.807, 2.05) is 0 Å². The van der Waals surface area contributed by atoms with Crippen molar-refractivity contribution < 1.29 is 43.2 Å². The van der Waals surface area contributed by atoms with Crippen molar-refractivity contribution in [1.82, 2.24) is 9.03 Å². The molecule has 0 aliphatic rings. The minimum Gasteiger partial charge on any atom is -0.303 e. The average molecular weight is 719 g/mol. The summed E-state index contributed by atoms with van der Waals surface area (Å²) in [4.78, 5) is 2.82. The average Bonchev–Trinajstić information content (AvgIpc) is 2.95. The van der Waals surface area contributed by atoms with Gasteiger partial charge in [0.15, 0.2) is 0 Å². The van der Waals surface area contributed by atoms with Gasteiger partial charge in [-0.1, -0.05) is 160 Å². The first-order valence-corrected chi connectivity index (χ1v) is 20.7. The molecule has 0 aromatic rings. The number of hydrogen-bond acceptors (Lipinski definition) is 5. The van der Waals surface area contributed by atoms with Gasteiger partial charge in [-0.2, -0.15) is 26.3 Å². The number of sulfonamides is 2. The van der Waals surface area contributed by atoms with E-state index in [2.05, 4.69) is 25.7 Å². The fraction of sp³-hybridized carbons (Fsp3) is 1.00. The fourth-order valence-corrected chi connectivity index (χ4v) is 6.89. The third-order valence-electron chi connectivity index (χ3n) is 7.81. The molecule has 280 valence electrons. The second-order valence-corrected chi connectivity index (χ2v) is 15.9. The Labute approximate surface area is 277 Å². The van der Waals surface area contributed by atoms with E-state index in [1.165, 1.54) is 174 Å². The normalized spacial score (nSPS) is 12.8. The SMILES string of the molecule is CCCCCCCCCCN(CCCCCCCCCC)CCCCCCCCCC.O=S(=O)(NS(=O)(=O)C(F)(F)F)C(F)(F)F. The summed E-state index contributed by atoms with van der Waals surface area (Å²) >= 11 is 0. The third kappa shape index (κ3) is 27.4. The van der Waals surface area contributed by atoms with E-state index in [-0.39, 0.29) is 0 Å². The quantitative estimate of drug-likeness (QED) is 0.0615. The molecule has 0 rings (SSSR count). The summed E-state index contributed by atoms with van der Waals surface area (Å²) in [5, 5.41) is 0. The molecule has 0 aromatic heterocycles. The van der Waals surface area contributed by atoms with Crippen molar-refractivity contribution in [1.29, 1.82) is 0 Å². The Balaban J connectivity index is 0. The van der Waals surface area contributed by atoms with Gasteiger partial charge in [0.2, 0.25) is 0 Å². The number of hydrogen-bond donors (Lipinski definition) is 1. The van der Waals surface area contributed by atoms with Crippen LogP contribution in [0.2, 0.25) is 0 Å². The van der Waals surface area contributed by atoms with Crippen molar-refractivity contribution in [2.24, 2.45) is 0 Å². The third-order valence-corrected chi connectivity index (χ3v) is 10.8. The minimum atomic E-state index is -6.60. The fourth-order valence-electron chi connectivity index (χ4n) is 4.98. The lowest BCUT2D eigenvalue weighted by molar-refractivity contribution is -0.0476. The van der Waals surface area contributed by atoms with Gasteiger partial charge >= 0.3 is 31.1 Å². The van der Waals surface area contributed by atoms with Crippen LogP contribution in [0, 0.1) is 0 Å². The van der Waals surface area contributed by atoms with Crippen molar-refractivity contribution in [3.05, 3.63) is 0 Å². The van der Waals surface area contributed by atoms with E-state index in [4.69, 9.17) is 0 Å². The van der Waals surface area contributed by atoms with E-state index in [0.717, 1.165) is 0 Å². The summed E-state index contributed by atoms with van der Waals surface area (Å²) in [5.74, 6) is 0. The molecule has 0 saturated carbocycles. The Morgan fingerprint density at radius 3 is 0.783 bits per heavy atom. The van der Waals surface area contributed by atoms with E-state index < -0.39 is 35.2 Å². The highest BCUT2D eigenvalue weighted by atomic mass is 32.3. The molecule has 0 aliphatic heterocycles. The molecule has 0 atom stereocenters. The van der Waals surface area contributed by atoms with Crippen LogP contribution in [-0.2, 0) is 20.0 Å². The Morgan fingerprint density at radius 2 is 0.587 bits per heavy atom. The first-order valence-electron chi connectivity index (χ1n) is 17.7. The Morgan fingerprint density at radius 1 is 0.391 bits per heavy atom. The summed E-state index contributed by atoms with van der Waals surface area (Å²) in [6, 6.07) is 0. The lowest BCUT2D eigenvalue weighted by Crippen LogP contribution is -2.45. The van der Waals surface area contributed by atoms with Crippen LogP contribution >= 0.6 is 0 Å². The van der Waals surface area contributed by atoms with Crippen LogP contribution in [0.4, 0.5) is 26.3 Å². The summed E-state index contributed by atoms with van der Waals surface area (Å²) in [7, 11) is -13.2. The lowest BCUT2D eigenvalue weighted by atomic mass is 10.1. The lowest BCUT2D eigenvalue weighted by Gasteiger charge is -2.22. The molecule has 6 nitrogen and oxygen atoms in total. The molecule has 0 bridgehead atoms. The summed E-state index contributed by atoms with van der Waals surface area (Å²) < 4.78 is 108. The number of unbranched alkanes of at least 4 members (excludes halogenated alkanes) is 21. The Hall–Kier alpha value is -0.600. The van der Waals surface area contributed by atoms with E-state index in [0.29, 0.717) is 0 Å². The standard InChI is InChI=1S/C30H63N.C2HF6NO4S2/c1-4-7-10-13-16-19-22-25-28-31(29-26-23-20-17-14-11-8-5-2)30-27-24-21-18-15-12-9-6-3;3-1(4,5)14(10,11)9-15(12,13)2(6,7)8/h4-30H2,1-3H3;9H. The molecule has 0 saturated heterocycles. The molecule has 0 fully saturated rings. The second-order valence-electron chi connectivity index (χ2n) is 12.2. The van der Waals surface area contributed by atoms with Gasteiger partial charge in [0.25, 0.3) is 0 Å². The van der Waals surface area contributed by atoms with Crippen LogP contribution in [-0.4, -0.2) is 52.4 Å². The van der Waals surface area contributed by atoms with E-state index >= 15 is 0 Å². The zero-order valence-corrected chi connectivity index (χ0v) is 30.4. The van der Waals surface area contributed by atoms with Crippen LogP contribution < -0.4 is 4.13 Å². The highest BCUT2D eigenvalue weighted by molar-refractivity contribution is 8.05. The van der Waals surface area contributed by atoms with Gasteiger partial charge in [0, 0.05) is 0 Å². The van der Waals surface area contributed by atoms with Crippen LogP contribution in [0.5, 0.6) is 0 Å². The van der Waals surface area contributed by atoms with Crippen LogP contribution in [0.25, 0.3) is 0 Å². The van der Waals surface area contributed by atoms with Gasteiger partial charge in [-0.3, -0.25) is 0 Å². The first kappa shape index (κ1) is 47.5. The van der Waals surface area contributed by atoms with Crippen molar-refractivity contribution in [2.45, 2.75) is 186 Å². The monoisotopic (exact) mass is 718 g/mol. The molecule has 0 aromatic carbocycles. The smallest absolute Gasteiger partial charge is 0.303 e. The molecule has 1 N–H and O–H groups in total. The molecule has 0 unspecified atom stereocenters. The van der Waals surface area contributed by atoms with Crippen LogP contribution in [0.15, 0.2) is 0 Å². The van der Waals surface area contributed by atoms with Gasteiger partial charge in [0.05, 0.1) is 0 Å². The number of halogens is 6. The topological polar surface area (TPSA) is 83.6 Å². The first-order chi connectivity index (χ1) is 21.6. The summed E-state index contributed by atoms with van der Waals surface area (Å²) in [5.41, 5.74) is -12.3. The van der Waals surface area contributed by atoms with Gasteiger partial charge < -0.3 is 4.90 Å². The van der Waals surface area contributed by atoms with Gasteiger partial charge in [-0.25, -0.2) is 16.8 Å². The zero-order valence-electron chi connectivity index (χ0n) is 28.8. The molecule has 0 aliphatic carbocycles. The highest BCUT2D eigenvalue weighted by Crippen LogP contribution is 2.27. The molecule has 0 spiro atoms. The maximum absolute atomic E-state index is 11.5. The minimum absolute atomic E-state index is 0.493. The van der Waals surface area contributed by atoms with Crippen molar-refractivity contribution >= 4 is 20.0 Å².